The Morgan fingerprint density at radius 1 is 1.10 bits per heavy atom. The van der Waals surface area contributed by atoms with Gasteiger partial charge >= 0.3 is 11.9 Å². The zero-order chi connectivity index (χ0) is 15.5. The van der Waals surface area contributed by atoms with Crippen LogP contribution in [0.3, 0.4) is 0 Å². The first kappa shape index (κ1) is 16.8. The van der Waals surface area contributed by atoms with Crippen molar-refractivity contribution in [3.05, 3.63) is 36.9 Å². The van der Waals surface area contributed by atoms with Crippen LogP contribution in [0.4, 0.5) is 0 Å². The molecule has 1 aromatic rings. The van der Waals surface area contributed by atoms with Crippen LogP contribution in [0.5, 0.6) is 11.5 Å². The molecule has 21 heavy (non-hydrogen) atoms. The lowest BCUT2D eigenvalue weighted by atomic mass is 10.2. The Bertz CT molecular complexity index is 464. The van der Waals surface area contributed by atoms with E-state index >= 15 is 0 Å². The molecule has 5 nitrogen and oxygen atoms in total. The summed E-state index contributed by atoms with van der Waals surface area (Å²) in [6, 6.07) is 6.84. The van der Waals surface area contributed by atoms with Gasteiger partial charge in [0.2, 0.25) is 0 Å². The maximum absolute atomic E-state index is 11.6. The van der Waals surface area contributed by atoms with E-state index in [0.29, 0.717) is 30.9 Å². The average Bonchev–Trinajstić information content (AvgIpc) is 2.51. The van der Waals surface area contributed by atoms with E-state index < -0.39 is 5.97 Å². The highest BCUT2D eigenvalue weighted by molar-refractivity contribution is 5.81. The standard InChI is InChI=1S/C16H20O5/c1-3-15(17)20-12-6-4-5-7-16(18)21-14-10-8-13(19-2)9-11-14/h3,8-11H,1,4-7,12H2,2H3. The van der Waals surface area contributed by atoms with Gasteiger partial charge < -0.3 is 14.2 Å². The minimum atomic E-state index is -0.422. The fourth-order valence-corrected chi connectivity index (χ4v) is 1.61. The number of benzene rings is 1. The molecule has 0 aromatic heterocycles. The fraction of sp³-hybridized carbons (Fsp3) is 0.375. The molecule has 0 aliphatic heterocycles. The first-order valence-corrected chi connectivity index (χ1v) is 6.79. The Morgan fingerprint density at radius 3 is 2.38 bits per heavy atom. The molecule has 5 heteroatoms. The second-order valence-corrected chi connectivity index (χ2v) is 4.33. The maximum atomic E-state index is 11.6. The number of unbranched alkanes of at least 4 members (excludes halogenated alkanes) is 2. The van der Waals surface area contributed by atoms with Crippen molar-refractivity contribution in [2.75, 3.05) is 13.7 Å². The molecular weight excluding hydrogens is 272 g/mol. The lowest BCUT2D eigenvalue weighted by molar-refractivity contribution is -0.138. The van der Waals surface area contributed by atoms with Crippen molar-refractivity contribution in [2.45, 2.75) is 25.7 Å². The van der Waals surface area contributed by atoms with E-state index in [9.17, 15) is 9.59 Å². The Morgan fingerprint density at radius 2 is 1.76 bits per heavy atom. The van der Waals surface area contributed by atoms with Gasteiger partial charge in [-0.1, -0.05) is 6.58 Å². The van der Waals surface area contributed by atoms with Gasteiger partial charge in [0, 0.05) is 12.5 Å². The molecule has 114 valence electrons. The number of methoxy groups -OCH3 is 1. The van der Waals surface area contributed by atoms with Crippen LogP contribution in [0, 0.1) is 0 Å². The van der Waals surface area contributed by atoms with Crippen molar-refractivity contribution in [3.8, 4) is 11.5 Å². The van der Waals surface area contributed by atoms with Crippen molar-refractivity contribution in [3.63, 3.8) is 0 Å². The normalized spacial score (nSPS) is 9.76. The predicted molar refractivity (Wildman–Crippen MR) is 78.3 cm³/mol. The summed E-state index contributed by atoms with van der Waals surface area (Å²) in [7, 11) is 1.58. The Balaban J connectivity index is 2.13. The van der Waals surface area contributed by atoms with E-state index in [2.05, 4.69) is 6.58 Å². The second kappa shape index (κ2) is 9.58. The molecule has 0 amide bonds. The van der Waals surface area contributed by atoms with E-state index in [1.807, 2.05) is 0 Å². The van der Waals surface area contributed by atoms with Crippen LogP contribution < -0.4 is 9.47 Å². The topological polar surface area (TPSA) is 61.8 Å². The molecule has 0 spiro atoms. The van der Waals surface area contributed by atoms with Crippen LogP contribution in [0.2, 0.25) is 0 Å². The number of hydrogen-bond acceptors (Lipinski definition) is 5. The van der Waals surface area contributed by atoms with Crippen LogP contribution in [0.25, 0.3) is 0 Å². The fourth-order valence-electron chi connectivity index (χ4n) is 1.61. The van der Waals surface area contributed by atoms with Gasteiger partial charge in [0.15, 0.2) is 0 Å². The van der Waals surface area contributed by atoms with Gasteiger partial charge in [-0.3, -0.25) is 4.79 Å². The third kappa shape index (κ3) is 7.15. The lowest BCUT2D eigenvalue weighted by Gasteiger charge is -2.05. The van der Waals surface area contributed by atoms with Crippen LogP contribution in [-0.2, 0) is 14.3 Å². The highest BCUT2D eigenvalue weighted by Gasteiger charge is 2.05. The van der Waals surface area contributed by atoms with Crippen molar-refractivity contribution < 1.29 is 23.8 Å². The van der Waals surface area contributed by atoms with E-state index in [4.69, 9.17) is 14.2 Å². The number of esters is 2. The minimum absolute atomic E-state index is 0.275. The predicted octanol–water partition coefficient (Wildman–Crippen LogP) is 2.89. The molecule has 0 aliphatic carbocycles. The molecule has 0 N–H and O–H groups in total. The molecule has 0 fully saturated rings. The summed E-state index contributed by atoms with van der Waals surface area (Å²) in [6.07, 6.45) is 3.67. The van der Waals surface area contributed by atoms with Gasteiger partial charge in [-0.25, -0.2) is 4.79 Å². The van der Waals surface area contributed by atoms with Gasteiger partial charge in [-0.2, -0.15) is 0 Å². The summed E-state index contributed by atoms with van der Waals surface area (Å²) >= 11 is 0. The first-order valence-electron chi connectivity index (χ1n) is 6.79. The van der Waals surface area contributed by atoms with Gasteiger partial charge in [0.1, 0.15) is 11.5 Å². The van der Waals surface area contributed by atoms with Gasteiger partial charge in [-0.05, 0) is 43.5 Å². The highest BCUT2D eigenvalue weighted by atomic mass is 16.5. The molecule has 0 radical (unpaired) electrons. The summed E-state index contributed by atoms with van der Waals surface area (Å²) in [5.74, 6) is 0.516. The van der Waals surface area contributed by atoms with E-state index in [1.165, 1.54) is 0 Å². The smallest absolute Gasteiger partial charge is 0.330 e. The van der Waals surface area contributed by atoms with Crippen LogP contribution >= 0.6 is 0 Å². The molecule has 0 bridgehead atoms. The third-order valence-electron chi connectivity index (χ3n) is 2.73. The number of rotatable bonds is 9. The maximum Gasteiger partial charge on any atom is 0.330 e. The summed E-state index contributed by atoms with van der Waals surface area (Å²) in [4.78, 5) is 22.4. The van der Waals surface area contributed by atoms with E-state index in [0.717, 1.165) is 18.9 Å². The Hall–Kier alpha value is -2.30. The van der Waals surface area contributed by atoms with E-state index in [-0.39, 0.29) is 5.97 Å². The zero-order valence-corrected chi connectivity index (χ0v) is 12.2. The quantitative estimate of drug-likeness (QED) is 0.303. The number of ether oxygens (including phenoxy) is 3. The molecule has 0 saturated carbocycles. The molecule has 0 heterocycles. The summed E-state index contributed by atoms with van der Waals surface area (Å²) in [5.41, 5.74) is 0. The molecule has 1 rings (SSSR count). The molecule has 0 aliphatic rings. The number of carbonyl (C=O) groups excluding carboxylic acids is 2. The highest BCUT2D eigenvalue weighted by Crippen LogP contribution is 2.17. The van der Waals surface area contributed by atoms with Crippen LogP contribution in [-0.4, -0.2) is 25.7 Å². The van der Waals surface area contributed by atoms with Gasteiger partial charge in [-0.15, -0.1) is 0 Å². The summed E-state index contributed by atoms with van der Waals surface area (Å²) < 4.78 is 15.0. The molecule has 0 atom stereocenters. The van der Waals surface area contributed by atoms with Crippen molar-refractivity contribution in [2.24, 2.45) is 0 Å². The summed E-state index contributed by atoms with van der Waals surface area (Å²) in [6.45, 7) is 3.65. The molecular formula is C16H20O5. The average molecular weight is 292 g/mol. The van der Waals surface area contributed by atoms with E-state index in [1.54, 1.807) is 31.4 Å². The SMILES string of the molecule is C=CC(=O)OCCCCCC(=O)Oc1ccc(OC)cc1. The third-order valence-corrected chi connectivity index (χ3v) is 2.73. The molecule has 0 saturated heterocycles. The minimum Gasteiger partial charge on any atom is -0.497 e. The van der Waals surface area contributed by atoms with Crippen LogP contribution in [0.15, 0.2) is 36.9 Å². The zero-order valence-electron chi connectivity index (χ0n) is 12.2. The number of hydrogen-bond donors (Lipinski definition) is 0. The number of carbonyl (C=O) groups is 2. The van der Waals surface area contributed by atoms with Gasteiger partial charge in [0.05, 0.1) is 13.7 Å². The van der Waals surface area contributed by atoms with Crippen molar-refractivity contribution >= 4 is 11.9 Å². The monoisotopic (exact) mass is 292 g/mol. The Labute approximate surface area is 124 Å². The lowest BCUT2D eigenvalue weighted by Crippen LogP contribution is -2.08. The first-order chi connectivity index (χ1) is 10.2. The molecule has 0 unspecified atom stereocenters. The van der Waals surface area contributed by atoms with Crippen molar-refractivity contribution in [1.29, 1.82) is 0 Å². The van der Waals surface area contributed by atoms with Crippen LogP contribution in [0.1, 0.15) is 25.7 Å². The summed E-state index contributed by atoms with van der Waals surface area (Å²) in [5, 5.41) is 0. The molecule has 1 aromatic carbocycles. The largest absolute Gasteiger partial charge is 0.497 e. The van der Waals surface area contributed by atoms with Gasteiger partial charge in [0.25, 0.3) is 0 Å². The second-order valence-electron chi connectivity index (χ2n) is 4.33. The Kier molecular flexibility index (Phi) is 7.64. The van der Waals surface area contributed by atoms with Crippen molar-refractivity contribution in [1.82, 2.24) is 0 Å².